The maximum Gasteiger partial charge on any atom is 0.333 e. The van der Waals surface area contributed by atoms with Gasteiger partial charge in [-0.15, -0.1) is 0 Å². The van der Waals surface area contributed by atoms with E-state index in [4.69, 9.17) is 38.3 Å². The van der Waals surface area contributed by atoms with E-state index in [1.54, 1.807) is 34.6 Å². The fourth-order valence-corrected chi connectivity index (χ4v) is 7.49. The summed E-state index contributed by atoms with van der Waals surface area (Å²) in [5, 5.41) is 28.3. The second-order valence-corrected chi connectivity index (χ2v) is 18.5. The number of carbonyl (C=O) groups is 7. The minimum absolute atomic E-state index is 0.0463. The summed E-state index contributed by atoms with van der Waals surface area (Å²) in [7, 11) is 0. The second-order valence-electron chi connectivity index (χ2n) is 16.3. The van der Waals surface area contributed by atoms with Crippen molar-refractivity contribution in [3.05, 3.63) is 24.8 Å². The number of unbranched alkanes of at least 4 members (excludes halogenated alkanes) is 1. The maximum absolute atomic E-state index is 12.9. The van der Waals surface area contributed by atoms with Crippen molar-refractivity contribution in [1.29, 1.82) is 0 Å². The van der Waals surface area contributed by atoms with Crippen molar-refractivity contribution in [3.8, 4) is 0 Å². The van der Waals surface area contributed by atoms with Crippen molar-refractivity contribution in [1.82, 2.24) is 0 Å². The number of aliphatic hydroxyl groups excluding tert-OH is 3. The summed E-state index contributed by atoms with van der Waals surface area (Å²) >= 11 is 2.84. The zero-order chi connectivity index (χ0) is 48.6. The van der Waals surface area contributed by atoms with Gasteiger partial charge in [-0.1, -0.05) is 46.3 Å². The van der Waals surface area contributed by atoms with Gasteiger partial charge in [0.25, 0.3) is 0 Å². The van der Waals surface area contributed by atoms with Crippen LogP contribution in [0.25, 0.3) is 0 Å². The first-order chi connectivity index (χ1) is 29.3. The highest BCUT2D eigenvalue weighted by molar-refractivity contribution is 7.99. The van der Waals surface area contributed by atoms with E-state index < -0.39 is 58.7 Å². The van der Waals surface area contributed by atoms with Crippen LogP contribution in [-0.4, -0.2) is 143 Å². The number of aliphatic hydroxyl groups is 3. The van der Waals surface area contributed by atoms with Crippen molar-refractivity contribution in [2.75, 3.05) is 62.7 Å². The molecule has 0 saturated carbocycles. The molecule has 0 aliphatic carbocycles. The average molecular weight is 939 g/mol. The standard InChI is InChI=1S/C28H48O10S.C16H26O7S/c1-7-10-11-21(8-2)16-25(33)38-28(6,19-27(4,5)26(34)35-14-13-29)20-39-15-12-24(32)37-18-22(30)17-36-23(31)9-3;1-11(2)15(20)22-9-13(18)8-21-14(19)6-7-24-10-16(4,5)23-12(3)17/h9,21-22,29-30H,3,7-8,10-20H2,1-2,4-6H3;13,18H,1,6-10H2,2-5H3. The molecule has 0 aromatic heterocycles. The van der Waals surface area contributed by atoms with Crippen LogP contribution in [0, 0.1) is 11.3 Å². The molecule has 0 amide bonds. The van der Waals surface area contributed by atoms with E-state index in [0.29, 0.717) is 29.4 Å². The summed E-state index contributed by atoms with van der Waals surface area (Å²) in [5.41, 5.74) is -2.36. The number of hydrogen-bond donors (Lipinski definition) is 3. The quantitative estimate of drug-likeness (QED) is 0.0336. The van der Waals surface area contributed by atoms with Crippen molar-refractivity contribution in [2.45, 2.75) is 137 Å². The van der Waals surface area contributed by atoms with Crippen LogP contribution in [-0.2, 0) is 66.7 Å². The zero-order valence-corrected chi connectivity index (χ0v) is 40.5. The lowest BCUT2D eigenvalue weighted by molar-refractivity contribution is -0.168. The number of thioether (sulfide) groups is 2. The van der Waals surface area contributed by atoms with E-state index in [1.165, 1.54) is 37.4 Å². The lowest BCUT2D eigenvalue weighted by Gasteiger charge is -2.36. The van der Waals surface area contributed by atoms with Crippen LogP contribution in [0.5, 0.6) is 0 Å². The molecule has 0 aromatic rings. The molecular formula is C44H74O17S2. The van der Waals surface area contributed by atoms with Gasteiger partial charge in [0.2, 0.25) is 0 Å². The van der Waals surface area contributed by atoms with Crippen LogP contribution in [0.1, 0.15) is 114 Å². The summed E-state index contributed by atoms with van der Waals surface area (Å²) in [5.74, 6) is -1.49. The molecule has 0 aliphatic heterocycles. The predicted molar refractivity (Wildman–Crippen MR) is 239 cm³/mol. The van der Waals surface area contributed by atoms with Gasteiger partial charge in [0, 0.05) is 54.4 Å². The molecular weight excluding hydrogens is 865 g/mol. The third-order valence-corrected chi connectivity index (χ3v) is 11.1. The van der Waals surface area contributed by atoms with E-state index in [9.17, 15) is 43.8 Å². The Kier molecular flexibility index (Phi) is 33.0. The van der Waals surface area contributed by atoms with Gasteiger partial charge in [0.05, 0.1) is 24.9 Å². The summed E-state index contributed by atoms with van der Waals surface area (Å²) in [6.07, 6.45) is 3.34. The van der Waals surface area contributed by atoms with E-state index >= 15 is 0 Å². The van der Waals surface area contributed by atoms with Gasteiger partial charge in [-0.2, -0.15) is 23.5 Å². The fourth-order valence-electron chi connectivity index (χ4n) is 5.44. The molecule has 364 valence electrons. The third-order valence-electron chi connectivity index (χ3n) is 8.44. The minimum atomic E-state index is -1.15. The van der Waals surface area contributed by atoms with Gasteiger partial charge in [-0.3, -0.25) is 24.0 Å². The molecule has 4 atom stereocenters. The molecule has 3 N–H and O–H groups in total. The van der Waals surface area contributed by atoms with E-state index in [1.807, 2.05) is 0 Å². The predicted octanol–water partition coefficient (Wildman–Crippen LogP) is 5.08. The Bertz CT molecular complexity index is 1430. The fraction of sp³-hybridized carbons (Fsp3) is 0.750. The highest BCUT2D eigenvalue weighted by Gasteiger charge is 2.41. The highest BCUT2D eigenvalue weighted by atomic mass is 32.2. The van der Waals surface area contributed by atoms with Gasteiger partial charge >= 0.3 is 41.8 Å². The van der Waals surface area contributed by atoms with Crippen LogP contribution >= 0.6 is 23.5 Å². The van der Waals surface area contributed by atoms with Gasteiger partial charge in [-0.05, 0) is 53.9 Å². The van der Waals surface area contributed by atoms with Crippen LogP contribution < -0.4 is 0 Å². The Morgan fingerprint density at radius 3 is 1.73 bits per heavy atom. The molecule has 0 bridgehead atoms. The largest absolute Gasteiger partial charge is 0.463 e. The van der Waals surface area contributed by atoms with Crippen LogP contribution in [0.3, 0.4) is 0 Å². The number of esters is 7. The molecule has 4 unspecified atom stereocenters. The Balaban J connectivity index is 0. The molecule has 17 nitrogen and oxygen atoms in total. The Morgan fingerprint density at radius 1 is 0.730 bits per heavy atom. The molecule has 0 spiro atoms. The molecule has 0 aliphatic rings. The van der Waals surface area contributed by atoms with E-state index in [2.05, 4.69) is 27.0 Å². The van der Waals surface area contributed by atoms with Crippen LogP contribution in [0.4, 0.5) is 0 Å². The second kappa shape index (κ2) is 33.8. The topological polar surface area (TPSA) is 245 Å². The van der Waals surface area contributed by atoms with Crippen LogP contribution in [0.2, 0.25) is 0 Å². The number of rotatable bonds is 33. The first-order valence-corrected chi connectivity index (χ1v) is 23.3. The Morgan fingerprint density at radius 2 is 1.25 bits per heavy atom. The molecule has 19 heteroatoms. The van der Waals surface area contributed by atoms with Crippen molar-refractivity contribution >= 4 is 65.3 Å². The Labute approximate surface area is 382 Å². The summed E-state index contributed by atoms with van der Waals surface area (Å²) in [6, 6.07) is 0. The van der Waals surface area contributed by atoms with Crippen molar-refractivity contribution in [3.63, 3.8) is 0 Å². The lowest BCUT2D eigenvalue weighted by Crippen LogP contribution is -2.43. The van der Waals surface area contributed by atoms with Gasteiger partial charge in [0.1, 0.15) is 56.4 Å². The smallest absolute Gasteiger partial charge is 0.333 e. The Hall–Kier alpha value is -3.65. The van der Waals surface area contributed by atoms with Crippen molar-refractivity contribution in [2.24, 2.45) is 11.3 Å². The lowest BCUT2D eigenvalue weighted by atomic mass is 9.81. The highest BCUT2D eigenvalue weighted by Crippen LogP contribution is 2.35. The zero-order valence-electron chi connectivity index (χ0n) is 38.8. The average Bonchev–Trinajstić information content (AvgIpc) is 3.20. The summed E-state index contributed by atoms with van der Waals surface area (Å²) < 4.78 is 35.6. The first-order valence-electron chi connectivity index (χ1n) is 21.0. The number of carbonyl (C=O) groups excluding carboxylic acids is 7. The first kappa shape index (κ1) is 61.4. The number of hydrogen-bond acceptors (Lipinski definition) is 19. The summed E-state index contributed by atoms with van der Waals surface area (Å²) in [4.78, 5) is 82.2. The molecule has 63 heavy (non-hydrogen) atoms. The molecule has 0 saturated heterocycles. The third kappa shape index (κ3) is 33.5. The van der Waals surface area contributed by atoms with Gasteiger partial charge in [0.15, 0.2) is 0 Å². The normalized spacial score (nSPS) is 13.6. The number of ether oxygens (including phenoxy) is 7. The molecule has 0 rings (SSSR count). The summed E-state index contributed by atoms with van der Waals surface area (Å²) in [6.45, 7) is 20.9. The van der Waals surface area contributed by atoms with Crippen LogP contribution in [0.15, 0.2) is 24.8 Å². The van der Waals surface area contributed by atoms with Gasteiger partial charge in [-0.25, -0.2) is 9.59 Å². The molecule has 0 radical (unpaired) electrons. The SMILES string of the molecule is C=C(C)C(=O)OCC(O)COC(=O)CCSCC(C)(C)OC(C)=O.C=CC(=O)OCC(O)COC(=O)CCSCC(C)(CC(C)(C)C(=O)OCCO)OC(=O)CC(CC)CCCC. The molecule has 0 fully saturated rings. The van der Waals surface area contributed by atoms with E-state index in [-0.39, 0.29) is 82.3 Å². The van der Waals surface area contributed by atoms with Crippen molar-refractivity contribution < 1.29 is 82.0 Å². The maximum atomic E-state index is 12.9. The minimum Gasteiger partial charge on any atom is -0.463 e. The molecule has 0 aromatic carbocycles. The van der Waals surface area contributed by atoms with Gasteiger partial charge < -0.3 is 48.5 Å². The monoisotopic (exact) mass is 938 g/mol. The van der Waals surface area contributed by atoms with E-state index in [0.717, 1.165) is 31.8 Å². The molecule has 0 heterocycles.